The van der Waals surface area contributed by atoms with Crippen molar-refractivity contribution in [1.29, 1.82) is 0 Å². The van der Waals surface area contributed by atoms with Crippen molar-refractivity contribution in [2.45, 2.75) is 25.3 Å². The zero-order chi connectivity index (χ0) is 21.8. The van der Waals surface area contributed by atoms with Crippen LogP contribution in [0.3, 0.4) is 0 Å². The predicted octanol–water partition coefficient (Wildman–Crippen LogP) is 1.82. The Morgan fingerprint density at radius 1 is 0.935 bits per heavy atom. The average Bonchev–Trinajstić information content (AvgIpc) is 2.74. The van der Waals surface area contributed by atoms with E-state index in [1.54, 1.807) is 4.90 Å². The zero-order valence-corrected chi connectivity index (χ0v) is 17.8. The van der Waals surface area contributed by atoms with Crippen LogP contribution in [0.15, 0.2) is 24.3 Å². The number of hydrogen-bond acceptors (Lipinski definition) is 4. The summed E-state index contributed by atoms with van der Waals surface area (Å²) in [6.07, 6.45) is 6.50. The number of nitrogens with zero attached hydrogens (tertiary/aromatic N) is 4. The Labute approximate surface area is 182 Å². The second-order valence-electron chi connectivity index (χ2n) is 8.58. The highest BCUT2D eigenvalue weighted by molar-refractivity contribution is 5.91. The van der Waals surface area contributed by atoms with E-state index in [0.29, 0.717) is 32.7 Å². The highest BCUT2D eigenvalue weighted by Crippen LogP contribution is 2.25. The lowest BCUT2D eigenvalue weighted by Crippen LogP contribution is -2.56. The van der Waals surface area contributed by atoms with E-state index in [2.05, 4.69) is 9.80 Å². The summed E-state index contributed by atoms with van der Waals surface area (Å²) in [6.45, 7) is 6.20. The standard InChI is InChI=1S/C23H30F2N4O2/c24-20-6-1-3-18(23(20)25)7-8-21(30)28-11-9-26(10-12-28)17-22(31)29-15-13-27(14-16-29)19-4-2-5-19/h1,3,6-8,19H,2,4-5,9-17H2. The van der Waals surface area contributed by atoms with E-state index in [-0.39, 0.29) is 17.4 Å². The normalized spacial score (nSPS) is 21.5. The molecule has 0 bridgehead atoms. The van der Waals surface area contributed by atoms with Gasteiger partial charge in [-0.25, -0.2) is 8.78 Å². The number of amides is 2. The highest BCUT2D eigenvalue weighted by atomic mass is 19.2. The fourth-order valence-electron chi connectivity index (χ4n) is 4.42. The third-order valence-corrected chi connectivity index (χ3v) is 6.69. The lowest BCUT2D eigenvalue weighted by Gasteiger charge is -2.43. The van der Waals surface area contributed by atoms with Gasteiger partial charge < -0.3 is 9.80 Å². The maximum absolute atomic E-state index is 13.7. The van der Waals surface area contributed by atoms with Crippen LogP contribution < -0.4 is 0 Å². The van der Waals surface area contributed by atoms with E-state index in [1.807, 2.05) is 4.90 Å². The van der Waals surface area contributed by atoms with Crippen LogP contribution in [0, 0.1) is 11.6 Å². The Morgan fingerprint density at radius 2 is 1.61 bits per heavy atom. The largest absolute Gasteiger partial charge is 0.339 e. The molecule has 4 rings (SSSR count). The molecule has 0 N–H and O–H groups in total. The monoisotopic (exact) mass is 432 g/mol. The van der Waals surface area contributed by atoms with E-state index in [1.165, 1.54) is 43.5 Å². The molecule has 1 aromatic carbocycles. The first-order chi connectivity index (χ1) is 15.0. The number of benzene rings is 1. The molecule has 2 saturated heterocycles. The topological polar surface area (TPSA) is 47.1 Å². The molecule has 3 aliphatic rings. The maximum atomic E-state index is 13.7. The third-order valence-electron chi connectivity index (χ3n) is 6.69. The highest BCUT2D eigenvalue weighted by Gasteiger charge is 2.30. The minimum absolute atomic E-state index is 0.0509. The first-order valence-electron chi connectivity index (χ1n) is 11.2. The number of carbonyl (C=O) groups excluding carboxylic acids is 2. The molecule has 8 heteroatoms. The van der Waals surface area contributed by atoms with E-state index in [0.717, 1.165) is 38.3 Å². The molecule has 3 fully saturated rings. The molecule has 6 nitrogen and oxygen atoms in total. The van der Waals surface area contributed by atoms with Crippen LogP contribution in [0.4, 0.5) is 8.78 Å². The molecule has 0 atom stereocenters. The first kappa shape index (κ1) is 21.9. The second-order valence-corrected chi connectivity index (χ2v) is 8.58. The van der Waals surface area contributed by atoms with Crippen LogP contribution >= 0.6 is 0 Å². The summed E-state index contributed by atoms with van der Waals surface area (Å²) in [7, 11) is 0. The van der Waals surface area contributed by atoms with Crippen LogP contribution in [-0.4, -0.2) is 96.4 Å². The van der Waals surface area contributed by atoms with Gasteiger partial charge in [-0.05, 0) is 25.0 Å². The second kappa shape index (κ2) is 9.87. The van der Waals surface area contributed by atoms with Gasteiger partial charge in [-0.3, -0.25) is 19.4 Å². The molecule has 2 heterocycles. The van der Waals surface area contributed by atoms with Gasteiger partial charge >= 0.3 is 0 Å². The molecule has 1 saturated carbocycles. The quantitative estimate of drug-likeness (QED) is 0.666. The van der Waals surface area contributed by atoms with Crippen molar-refractivity contribution in [3.05, 3.63) is 41.5 Å². The van der Waals surface area contributed by atoms with E-state index in [4.69, 9.17) is 0 Å². The average molecular weight is 433 g/mol. The summed E-state index contributed by atoms with van der Waals surface area (Å²) in [6, 6.07) is 4.61. The Balaban J connectivity index is 1.19. The summed E-state index contributed by atoms with van der Waals surface area (Å²) >= 11 is 0. The van der Waals surface area contributed by atoms with Crippen LogP contribution in [0.1, 0.15) is 24.8 Å². The Hall–Kier alpha value is -2.32. The number of hydrogen-bond donors (Lipinski definition) is 0. The maximum Gasteiger partial charge on any atom is 0.246 e. The van der Waals surface area contributed by atoms with Crippen molar-refractivity contribution in [3.8, 4) is 0 Å². The van der Waals surface area contributed by atoms with Crippen LogP contribution in [0.2, 0.25) is 0 Å². The third kappa shape index (κ3) is 5.30. The van der Waals surface area contributed by atoms with E-state index in [9.17, 15) is 18.4 Å². The van der Waals surface area contributed by atoms with Gasteiger partial charge in [0.05, 0.1) is 6.54 Å². The van der Waals surface area contributed by atoms with Gasteiger partial charge in [0.15, 0.2) is 11.6 Å². The Kier molecular flexibility index (Phi) is 6.97. The molecule has 0 spiro atoms. The lowest BCUT2D eigenvalue weighted by atomic mass is 9.91. The number of piperazine rings is 2. The molecule has 31 heavy (non-hydrogen) atoms. The lowest BCUT2D eigenvalue weighted by molar-refractivity contribution is -0.135. The van der Waals surface area contributed by atoms with Gasteiger partial charge in [-0.1, -0.05) is 18.6 Å². The van der Waals surface area contributed by atoms with Crippen molar-refractivity contribution >= 4 is 17.9 Å². The molecule has 0 unspecified atom stereocenters. The summed E-state index contributed by atoms with van der Waals surface area (Å²) in [4.78, 5) is 33.3. The summed E-state index contributed by atoms with van der Waals surface area (Å²) in [5.74, 6) is -1.96. The van der Waals surface area contributed by atoms with Gasteiger partial charge in [-0.15, -0.1) is 0 Å². The van der Waals surface area contributed by atoms with Gasteiger partial charge in [0.1, 0.15) is 0 Å². The predicted molar refractivity (Wildman–Crippen MR) is 114 cm³/mol. The molecule has 168 valence electrons. The van der Waals surface area contributed by atoms with E-state index >= 15 is 0 Å². The first-order valence-corrected chi connectivity index (χ1v) is 11.2. The molecule has 1 aromatic rings. The molecule has 1 aliphatic carbocycles. The number of halogens is 2. The Bertz CT molecular complexity index is 827. The fraction of sp³-hybridized carbons (Fsp3) is 0.565. The zero-order valence-electron chi connectivity index (χ0n) is 17.8. The smallest absolute Gasteiger partial charge is 0.246 e. The van der Waals surface area contributed by atoms with Gasteiger partial charge in [0.2, 0.25) is 11.8 Å². The van der Waals surface area contributed by atoms with Crippen molar-refractivity contribution in [3.63, 3.8) is 0 Å². The van der Waals surface area contributed by atoms with E-state index < -0.39 is 11.6 Å². The van der Waals surface area contributed by atoms with Crippen LogP contribution in [0.5, 0.6) is 0 Å². The molecule has 0 radical (unpaired) electrons. The van der Waals surface area contributed by atoms with Crippen molar-refractivity contribution in [2.24, 2.45) is 0 Å². The van der Waals surface area contributed by atoms with Gasteiger partial charge in [-0.2, -0.15) is 0 Å². The van der Waals surface area contributed by atoms with Crippen molar-refractivity contribution in [1.82, 2.24) is 19.6 Å². The van der Waals surface area contributed by atoms with Gasteiger partial charge in [0, 0.05) is 70.0 Å². The summed E-state index contributed by atoms with van der Waals surface area (Å²) in [5.41, 5.74) is 0.0509. The van der Waals surface area contributed by atoms with Gasteiger partial charge in [0.25, 0.3) is 0 Å². The Morgan fingerprint density at radius 3 is 2.26 bits per heavy atom. The SMILES string of the molecule is O=C(C=Cc1cccc(F)c1F)N1CCN(CC(=O)N2CCN(C3CCC3)CC2)CC1. The molecule has 2 aliphatic heterocycles. The van der Waals surface area contributed by atoms with Crippen molar-refractivity contribution in [2.75, 3.05) is 58.9 Å². The van der Waals surface area contributed by atoms with Crippen LogP contribution in [0.25, 0.3) is 6.08 Å². The summed E-state index contributed by atoms with van der Waals surface area (Å²) < 4.78 is 27.0. The number of carbonyl (C=O) groups is 2. The molecule has 2 amide bonds. The summed E-state index contributed by atoms with van der Waals surface area (Å²) in [5, 5.41) is 0. The molecular formula is C23H30F2N4O2. The fourth-order valence-corrected chi connectivity index (χ4v) is 4.42. The molecule has 0 aromatic heterocycles. The molecular weight excluding hydrogens is 402 g/mol. The minimum atomic E-state index is -0.955. The van der Waals surface area contributed by atoms with Crippen molar-refractivity contribution < 1.29 is 18.4 Å². The van der Waals surface area contributed by atoms with Crippen LogP contribution in [-0.2, 0) is 9.59 Å². The minimum Gasteiger partial charge on any atom is -0.339 e. The number of rotatable bonds is 5.